The van der Waals surface area contributed by atoms with Crippen LogP contribution in [0.3, 0.4) is 0 Å². The third-order valence-corrected chi connectivity index (χ3v) is 1.71. The van der Waals surface area contributed by atoms with Gasteiger partial charge < -0.3 is 9.64 Å². The van der Waals surface area contributed by atoms with Gasteiger partial charge in [0.25, 0.3) is 0 Å². The maximum atomic E-state index is 11.0. The van der Waals surface area contributed by atoms with Gasteiger partial charge in [-0.25, -0.2) is 0 Å². The molecule has 1 saturated heterocycles. The Morgan fingerprint density at radius 2 is 2.40 bits per heavy atom. The van der Waals surface area contributed by atoms with Gasteiger partial charge in [-0.05, 0) is 12.8 Å². The molecule has 1 fully saturated rings. The highest BCUT2D eigenvalue weighted by Crippen LogP contribution is 2.09. The van der Waals surface area contributed by atoms with Crippen molar-refractivity contribution in [2.45, 2.75) is 19.3 Å². The molecular formula is C7H13NO2. The number of rotatable bonds is 2. The van der Waals surface area contributed by atoms with E-state index in [0.717, 1.165) is 19.4 Å². The second kappa shape index (κ2) is 3.56. The molecule has 1 aliphatic heterocycles. The van der Waals surface area contributed by atoms with E-state index in [-0.39, 0.29) is 5.91 Å². The van der Waals surface area contributed by atoms with Crippen molar-refractivity contribution in [1.29, 1.82) is 0 Å². The summed E-state index contributed by atoms with van der Waals surface area (Å²) in [6.45, 7) is 1.32. The number of piperidine rings is 1. The van der Waals surface area contributed by atoms with Crippen molar-refractivity contribution < 1.29 is 9.53 Å². The first-order valence-corrected chi connectivity index (χ1v) is 3.61. The number of likely N-dealkylation sites (tertiary alicyclic amines) is 1. The molecule has 3 nitrogen and oxygen atoms in total. The van der Waals surface area contributed by atoms with Crippen LogP contribution in [0.2, 0.25) is 0 Å². The molecule has 0 aromatic carbocycles. The highest BCUT2D eigenvalue weighted by atomic mass is 16.5. The molecule has 0 aromatic heterocycles. The molecule has 0 N–H and O–H groups in total. The summed E-state index contributed by atoms with van der Waals surface area (Å²) < 4.78 is 4.86. The van der Waals surface area contributed by atoms with E-state index in [1.165, 1.54) is 0 Å². The van der Waals surface area contributed by atoms with Crippen molar-refractivity contribution in [3.63, 3.8) is 0 Å². The van der Waals surface area contributed by atoms with Gasteiger partial charge in [0.05, 0.1) is 0 Å². The molecule has 0 saturated carbocycles. The van der Waals surface area contributed by atoms with E-state index in [1.807, 2.05) is 0 Å². The first-order chi connectivity index (χ1) is 4.84. The predicted molar refractivity (Wildman–Crippen MR) is 37.4 cm³/mol. The molecule has 3 heteroatoms. The van der Waals surface area contributed by atoms with E-state index in [4.69, 9.17) is 4.74 Å². The summed E-state index contributed by atoms with van der Waals surface area (Å²) in [6.07, 6.45) is 2.86. The second-order valence-corrected chi connectivity index (χ2v) is 2.53. The quantitative estimate of drug-likeness (QED) is 0.566. The first-order valence-electron chi connectivity index (χ1n) is 3.61. The average molecular weight is 143 g/mol. The molecule has 0 aromatic rings. The molecular weight excluding hydrogens is 130 g/mol. The minimum atomic E-state index is 0.230. The Bertz CT molecular complexity index is 123. The molecule has 58 valence electrons. The SMILES string of the molecule is COCN1CCCCC1=O. The van der Waals surface area contributed by atoms with Gasteiger partial charge in [-0.15, -0.1) is 0 Å². The van der Waals surface area contributed by atoms with Crippen LogP contribution in [0, 0.1) is 0 Å². The van der Waals surface area contributed by atoms with Crippen molar-refractivity contribution in [3.8, 4) is 0 Å². The highest BCUT2D eigenvalue weighted by molar-refractivity contribution is 5.76. The van der Waals surface area contributed by atoms with Crippen LogP contribution in [0.25, 0.3) is 0 Å². The fourth-order valence-electron chi connectivity index (χ4n) is 1.15. The molecule has 1 aliphatic rings. The maximum Gasteiger partial charge on any atom is 0.224 e. The Kier molecular flexibility index (Phi) is 2.68. The minimum Gasteiger partial charge on any atom is -0.364 e. The van der Waals surface area contributed by atoms with Gasteiger partial charge in [0, 0.05) is 20.1 Å². The fraction of sp³-hybridized carbons (Fsp3) is 0.857. The fourth-order valence-corrected chi connectivity index (χ4v) is 1.15. The summed E-state index contributed by atoms with van der Waals surface area (Å²) in [5.41, 5.74) is 0. The molecule has 0 unspecified atom stereocenters. The van der Waals surface area contributed by atoms with Crippen LogP contribution >= 0.6 is 0 Å². The number of hydrogen-bond acceptors (Lipinski definition) is 2. The number of nitrogens with zero attached hydrogens (tertiary/aromatic N) is 1. The lowest BCUT2D eigenvalue weighted by atomic mass is 10.1. The zero-order valence-electron chi connectivity index (χ0n) is 6.30. The van der Waals surface area contributed by atoms with Crippen LogP contribution in [-0.2, 0) is 9.53 Å². The Morgan fingerprint density at radius 1 is 1.60 bits per heavy atom. The van der Waals surface area contributed by atoms with Crippen LogP contribution in [-0.4, -0.2) is 31.2 Å². The number of hydrogen-bond donors (Lipinski definition) is 0. The summed E-state index contributed by atoms with van der Waals surface area (Å²) in [6, 6.07) is 0. The van der Waals surface area contributed by atoms with E-state index < -0.39 is 0 Å². The van der Waals surface area contributed by atoms with Crippen LogP contribution in [0.1, 0.15) is 19.3 Å². The Hall–Kier alpha value is -0.570. The van der Waals surface area contributed by atoms with Gasteiger partial charge in [-0.3, -0.25) is 4.79 Å². The zero-order chi connectivity index (χ0) is 7.40. The van der Waals surface area contributed by atoms with E-state index in [9.17, 15) is 4.79 Å². The number of carbonyl (C=O) groups is 1. The standard InChI is InChI=1S/C7H13NO2/c1-10-6-8-5-3-2-4-7(8)9/h2-6H2,1H3. The van der Waals surface area contributed by atoms with Gasteiger partial charge in [0.15, 0.2) is 0 Å². The first kappa shape index (κ1) is 7.54. The highest BCUT2D eigenvalue weighted by Gasteiger charge is 2.16. The van der Waals surface area contributed by atoms with Gasteiger partial charge >= 0.3 is 0 Å². The second-order valence-electron chi connectivity index (χ2n) is 2.53. The maximum absolute atomic E-state index is 11.0. The van der Waals surface area contributed by atoms with Crippen LogP contribution in [0.4, 0.5) is 0 Å². The third kappa shape index (κ3) is 1.70. The predicted octanol–water partition coefficient (Wildman–Crippen LogP) is 0.603. The molecule has 1 rings (SSSR count). The third-order valence-electron chi connectivity index (χ3n) is 1.71. The molecule has 0 radical (unpaired) electrons. The van der Waals surface area contributed by atoms with E-state index >= 15 is 0 Å². The van der Waals surface area contributed by atoms with Crippen LogP contribution in [0.5, 0.6) is 0 Å². The molecule has 10 heavy (non-hydrogen) atoms. The van der Waals surface area contributed by atoms with Gasteiger partial charge in [-0.2, -0.15) is 0 Å². The van der Waals surface area contributed by atoms with Crippen LogP contribution in [0.15, 0.2) is 0 Å². The smallest absolute Gasteiger partial charge is 0.224 e. The molecule has 0 spiro atoms. The summed E-state index contributed by atoms with van der Waals surface area (Å²) >= 11 is 0. The monoisotopic (exact) mass is 143 g/mol. The van der Waals surface area contributed by atoms with Gasteiger partial charge in [0.2, 0.25) is 5.91 Å². The molecule has 0 aliphatic carbocycles. The lowest BCUT2D eigenvalue weighted by Gasteiger charge is -2.25. The van der Waals surface area contributed by atoms with Crippen LogP contribution < -0.4 is 0 Å². The zero-order valence-corrected chi connectivity index (χ0v) is 6.30. The molecule has 0 atom stereocenters. The Morgan fingerprint density at radius 3 is 3.00 bits per heavy atom. The number of methoxy groups -OCH3 is 1. The number of amides is 1. The van der Waals surface area contributed by atoms with Crippen molar-refractivity contribution in [2.24, 2.45) is 0 Å². The molecule has 0 bridgehead atoms. The number of carbonyl (C=O) groups excluding carboxylic acids is 1. The van der Waals surface area contributed by atoms with E-state index in [1.54, 1.807) is 12.0 Å². The van der Waals surface area contributed by atoms with Crippen molar-refractivity contribution in [3.05, 3.63) is 0 Å². The molecule has 1 heterocycles. The summed E-state index contributed by atoms with van der Waals surface area (Å²) in [4.78, 5) is 12.8. The van der Waals surface area contributed by atoms with Gasteiger partial charge in [0.1, 0.15) is 6.73 Å². The Labute approximate surface area is 61.0 Å². The summed E-state index contributed by atoms with van der Waals surface area (Å²) in [5.74, 6) is 0.230. The topological polar surface area (TPSA) is 29.5 Å². The summed E-state index contributed by atoms with van der Waals surface area (Å²) in [7, 11) is 1.61. The van der Waals surface area contributed by atoms with E-state index in [2.05, 4.69) is 0 Å². The minimum absolute atomic E-state index is 0.230. The lowest BCUT2D eigenvalue weighted by molar-refractivity contribution is -0.138. The normalized spacial score (nSPS) is 19.7. The van der Waals surface area contributed by atoms with Gasteiger partial charge in [-0.1, -0.05) is 0 Å². The van der Waals surface area contributed by atoms with Crippen molar-refractivity contribution in [2.75, 3.05) is 20.4 Å². The molecule has 1 amide bonds. The van der Waals surface area contributed by atoms with E-state index in [0.29, 0.717) is 13.2 Å². The average Bonchev–Trinajstić information content (AvgIpc) is 1.94. The van der Waals surface area contributed by atoms with Crippen molar-refractivity contribution >= 4 is 5.91 Å². The Balaban J connectivity index is 2.32. The lowest BCUT2D eigenvalue weighted by Crippen LogP contribution is -2.36. The largest absolute Gasteiger partial charge is 0.364 e. The number of ether oxygens (including phenoxy) is 1. The summed E-state index contributed by atoms with van der Waals surface area (Å²) in [5, 5.41) is 0. The van der Waals surface area contributed by atoms with Crippen molar-refractivity contribution in [1.82, 2.24) is 4.90 Å².